The SMILES string of the molecule is COc1ccc(-c2noc(N3CCC(C(=O)NCC4CCN(Cc5cccnc5)C4)CC3)n2)cc1. The fourth-order valence-corrected chi connectivity index (χ4v) is 4.90. The van der Waals surface area contributed by atoms with Crippen LogP contribution in [0.5, 0.6) is 5.75 Å². The second-order valence-corrected chi connectivity index (χ2v) is 9.39. The molecule has 5 rings (SSSR count). The third-order valence-corrected chi connectivity index (χ3v) is 6.96. The van der Waals surface area contributed by atoms with Crippen molar-refractivity contribution in [2.24, 2.45) is 11.8 Å². The number of ether oxygens (including phenoxy) is 1. The van der Waals surface area contributed by atoms with Gasteiger partial charge in [-0.05, 0) is 67.6 Å². The summed E-state index contributed by atoms with van der Waals surface area (Å²) in [5.41, 5.74) is 2.11. The fraction of sp³-hybridized carbons (Fsp3) is 0.462. The minimum Gasteiger partial charge on any atom is -0.497 e. The van der Waals surface area contributed by atoms with Gasteiger partial charge in [0.2, 0.25) is 11.7 Å². The van der Waals surface area contributed by atoms with E-state index in [1.807, 2.05) is 36.5 Å². The zero-order valence-electron chi connectivity index (χ0n) is 20.1. The van der Waals surface area contributed by atoms with Crippen molar-refractivity contribution in [3.05, 3.63) is 54.4 Å². The number of carbonyl (C=O) groups is 1. The second-order valence-electron chi connectivity index (χ2n) is 9.39. The van der Waals surface area contributed by atoms with Crippen molar-refractivity contribution in [1.29, 1.82) is 0 Å². The number of methoxy groups -OCH3 is 1. The lowest BCUT2D eigenvalue weighted by Gasteiger charge is -2.30. The third-order valence-electron chi connectivity index (χ3n) is 6.96. The van der Waals surface area contributed by atoms with Gasteiger partial charge in [-0.15, -0.1) is 0 Å². The van der Waals surface area contributed by atoms with E-state index in [4.69, 9.17) is 9.26 Å². The van der Waals surface area contributed by atoms with Crippen molar-refractivity contribution in [2.75, 3.05) is 44.7 Å². The van der Waals surface area contributed by atoms with Gasteiger partial charge in [0, 0.05) is 56.6 Å². The Morgan fingerprint density at radius 1 is 1.14 bits per heavy atom. The molecule has 9 heteroatoms. The summed E-state index contributed by atoms with van der Waals surface area (Å²) in [5.74, 6) is 2.04. The Morgan fingerprint density at radius 3 is 2.71 bits per heavy atom. The highest BCUT2D eigenvalue weighted by Crippen LogP contribution is 2.26. The van der Waals surface area contributed by atoms with Crippen LogP contribution in [-0.4, -0.2) is 65.8 Å². The van der Waals surface area contributed by atoms with E-state index < -0.39 is 0 Å². The Hall–Kier alpha value is -3.46. The van der Waals surface area contributed by atoms with Crippen molar-refractivity contribution >= 4 is 11.9 Å². The van der Waals surface area contributed by atoms with Gasteiger partial charge < -0.3 is 19.5 Å². The topological polar surface area (TPSA) is 96.6 Å². The zero-order valence-corrected chi connectivity index (χ0v) is 20.1. The largest absolute Gasteiger partial charge is 0.497 e. The molecule has 1 unspecified atom stereocenters. The maximum absolute atomic E-state index is 12.8. The van der Waals surface area contributed by atoms with Crippen LogP contribution >= 0.6 is 0 Å². The highest BCUT2D eigenvalue weighted by atomic mass is 16.5. The molecule has 2 fully saturated rings. The zero-order chi connectivity index (χ0) is 24.0. The van der Waals surface area contributed by atoms with Crippen molar-refractivity contribution in [2.45, 2.75) is 25.8 Å². The Labute approximate surface area is 205 Å². The molecule has 3 aromatic rings. The molecular weight excluding hydrogens is 444 g/mol. The van der Waals surface area contributed by atoms with Gasteiger partial charge in [0.15, 0.2) is 0 Å². The number of hydrogen-bond donors (Lipinski definition) is 1. The summed E-state index contributed by atoms with van der Waals surface area (Å²) >= 11 is 0. The van der Waals surface area contributed by atoms with E-state index in [9.17, 15) is 4.79 Å². The molecule has 0 radical (unpaired) electrons. The molecule has 9 nitrogen and oxygen atoms in total. The second kappa shape index (κ2) is 10.9. The third kappa shape index (κ3) is 5.79. The molecule has 35 heavy (non-hydrogen) atoms. The maximum atomic E-state index is 12.8. The first kappa shape index (κ1) is 23.3. The summed E-state index contributed by atoms with van der Waals surface area (Å²) in [7, 11) is 1.64. The molecule has 2 aromatic heterocycles. The first-order valence-electron chi connectivity index (χ1n) is 12.3. The molecule has 2 aliphatic heterocycles. The predicted molar refractivity (Wildman–Crippen MR) is 132 cm³/mol. The van der Waals surface area contributed by atoms with E-state index in [1.54, 1.807) is 13.3 Å². The average molecular weight is 477 g/mol. The molecule has 2 saturated heterocycles. The van der Waals surface area contributed by atoms with Crippen LogP contribution in [0.2, 0.25) is 0 Å². The van der Waals surface area contributed by atoms with Crippen LogP contribution < -0.4 is 15.0 Å². The number of pyridine rings is 1. The normalized spacial score (nSPS) is 19.1. The van der Waals surface area contributed by atoms with E-state index in [1.165, 1.54) is 5.56 Å². The molecule has 0 saturated carbocycles. The van der Waals surface area contributed by atoms with E-state index in [2.05, 4.69) is 36.3 Å². The number of likely N-dealkylation sites (tertiary alicyclic amines) is 1. The summed E-state index contributed by atoms with van der Waals surface area (Å²) < 4.78 is 10.7. The van der Waals surface area contributed by atoms with Crippen LogP contribution in [0.15, 0.2) is 53.3 Å². The predicted octanol–water partition coefficient (Wildman–Crippen LogP) is 2.99. The first-order chi connectivity index (χ1) is 17.2. The lowest BCUT2D eigenvalue weighted by atomic mass is 9.96. The molecule has 1 N–H and O–H groups in total. The maximum Gasteiger partial charge on any atom is 0.324 e. The van der Waals surface area contributed by atoms with E-state index in [-0.39, 0.29) is 11.8 Å². The van der Waals surface area contributed by atoms with Crippen LogP contribution in [0.3, 0.4) is 0 Å². The number of aromatic nitrogens is 3. The lowest BCUT2D eigenvalue weighted by molar-refractivity contribution is -0.125. The Kier molecular flexibility index (Phi) is 7.23. The molecule has 184 valence electrons. The number of amides is 1. The van der Waals surface area contributed by atoms with Gasteiger partial charge in [0.25, 0.3) is 0 Å². The van der Waals surface area contributed by atoms with Gasteiger partial charge in [0.05, 0.1) is 7.11 Å². The van der Waals surface area contributed by atoms with Gasteiger partial charge in [-0.25, -0.2) is 0 Å². The highest BCUT2D eigenvalue weighted by molar-refractivity contribution is 5.79. The minimum absolute atomic E-state index is 0.0307. The van der Waals surface area contributed by atoms with Gasteiger partial charge in [-0.2, -0.15) is 4.98 Å². The van der Waals surface area contributed by atoms with Crippen molar-refractivity contribution in [1.82, 2.24) is 25.3 Å². The average Bonchev–Trinajstić information content (AvgIpc) is 3.58. The summed E-state index contributed by atoms with van der Waals surface area (Å²) in [5, 5.41) is 7.33. The summed E-state index contributed by atoms with van der Waals surface area (Å²) in [6, 6.07) is 12.2. The number of nitrogens with one attached hydrogen (secondary N) is 1. The van der Waals surface area contributed by atoms with Gasteiger partial charge in [-0.1, -0.05) is 11.2 Å². The Morgan fingerprint density at radius 2 is 1.97 bits per heavy atom. The van der Waals surface area contributed by atoms with Crippen LogP contribution in [0.25, 0.3) is 11.4 Å². The number of anilines is 1. The molecular formula is C26H32N6O3. The van der Waals surface area contributed by atoms with Crippen LogP contribution in [0.1, 0.15) is 24.8 Å². The van der Waals surface area contributed by atoms with Crippen LogP contribution in [0, 0.1) is 11.8 Å². The minimum atomic E-state index is 0.0307. The fourth-order valence-electron chi connectivity index (χ4n) is 4.90. The number of carbonyl (C=O) groups excluding carboxylic acids is 1. The monoisotopic (exact) mass is 476 g/mol. The molecule has 1 atom stereocenters. The number of benzene rings is 1. The van der Waals surface area contributed by atoms with Gasteiger partial charge >= 0.3 is 6.01 Å². The summed E-state index contributed by atoms with van der Waals surface area (Å²) in [6.45, 7) is 5.21. The number of piperidine rings is 1. The van der Waals surface area contributed by atoms with E-state index in [0.717, 1.165) is 69.8 Å². The van der Waals surface area contributed by atoms with Crippen molar-refractivity contribution in [3.63, 3.8) is 0 Å². The molecule has 1 amide bonds. The van der Waals surface area contributed by atoms with E-state index in [0.29, 0.717) is 17.8 Å². The number of hydrogen-bond acceptors (Lipinski definition) is 8. The summed E-state index contributed by atoms with van der Waals surface area (Å²) in [6.07, 6.45) is 6.41. The van der Waals surface area contributed by atoms with Crippen molar-refractivity contribution < 1.29 is 14.1 Å². The van der Waals surface area contributed by atoms with Gasteiger partial charge in [-0.3, -0.25) is 14.7 Å². The first-order valence-corrected chi connectivity index (χ1v) is 12.3. The summed E-state index contributed by atoms with van der Waals surface area (Å²) in [4.78, 5) is 26.1. The molecule has 1 aromatic carbocycles. The molecule has 4 heterocycles. The molecule has 0 spiro atoms. The molecule has 0 bridgehead atoms. The van der Waals surface area contributed by atoms with Crippen molar-refractivity contribution in [3.8, 4) is 17.1 Å². The smallest absolute Gasteiger partial charge is 0.324 e. The highest BCUT2D eigenvalue weighted by Gasteiger charge is 2.29. The van der Waals surface area contributed by atoms with Crippen LogP contribution in [-0.2, 0) is 11.3 Å². The number of nitrogens with zero attached hydrogens (tertiary/aromatic N) is 5. The number of rotatable bonds is 8. The Bertz CT molecular complexity index is 1100. The standard InChI is InChI=1S/C26H32N6O3/c1-34-23-6-4-21(5-7-23)24-29-26(35-30-24)32-13-9-22(10-14-32)25(33)28-16-20-8-12-31(18-20)17-19-3-2-11-27-15-19/h2-7,11,15,20,22H,8-10,12-14,16-18H2,1H3,(H,28,33). The molecule has 0 aliphatic carbocycles. The molecule has 2 aliphatic rings. The van der Waals surface area contributed by atoms with Gasteiger partial charge in [0.1, 0.15) is 5.75 Å². The lowest BCUT2D eigenvalue weighted by Crippen LogP contribution is -2.42. The quantitative estimate of drug-likeness (QED) is 0.530. The van der Waals surface area contributed by atoms with E-state index >= 15 is 0 Å². The van der Waals surface area contributed by atoms with Crippen LogP contribution in [0.4, 0.5) is 6.01 Å². The Balaban J connectivity index is 1.05.